The fraction of sp³-hybridized carbons (Fsp3) is 0.286. The van der Waals surface area contributed by atoms with Gasteiger partial charge in [0.1, 0.15) is 6.61 Å². The van der Waals surface area contributed by atoms with Gasteiger partial charge in [0.25, 0.3) is 0 Å². The zero-order valence-electron chi connectivity index (χ0n) is 11.7. The molecule has 2 N–H and O–H groups in total. The Labute approximate surface area is 132 Å². The summed E-state index contributed by atoms with van der Waals surface area (Å²) in [6, 6.07) is 4.60. The topological polar surface area (TPSA) is 70.1 Å². The number of benzene rings is 1. The first-order valence-corrected chi connectivity index (χ1v) is 7.13. The van der Waals surface area contributed by atoms with Crippen molar-refractivity contribution in [2.45, 2.75) is 27.0 Å². The average molecular weight is 328 g/mol. The summed E-state index contributed by atoms with van der Waals surface area (Å²) in [5, 5.41) is 5.17. The lowest BCUT2D eigenvalue weighted by Crippen LogP contribution is -2.10. The number of ether oxygens (including phenoxy) is 1. The Hall–Kier alpha value is -1.72. The predicted octanol–water partition coefficient (Wildman–Crippen LogP) is 3.46. The SMILES string of the molecule is CCn1nc(C)c(Cl)c1COC(=O)c1ccc(Cl)c(N)c1. The van der Waals surface area contributed by atoms with Gasteiger partial charge >= 0.3 is 5.97 Å². The molecule has 1 aromatic carbocycles. The number of rotatable bonds is 4. The first-order chi connectivity index (χ1) is 9.93. The molecule has 1 heterocycles. The van der Waals surface area contributed by atoms with E-state index in [1.54, 1.807) is 23.7 Å². The van der Waals surface area contributed by atoms with Crippen molar-refractivity contribution in [1.29, 1.82) is 0 Å². The zero-order valence-corrected chi connectivity index (χ0v) is 13.2. The van der Waals surface area contributed by atoms with Crippen LogP contribution in [-0.2, 0) is 17.9 Å². The number of anilines is 1. The molecule has 7 heteroatoms. The second kappa shape index (κ2) is 6.37. The summed E-state index contributed by atoms with van der Waals surface area (Å²) in [4.78, 5) is 12.0. The van der Waals surface area contributed by atoms with Crippen LogP contribution in [0.3, 0.4) is 0 Å². The number of carbonyl (C=O) groups excluding carboxylic acids is 1. The maximum atomic E-state index is 12.0. The minimum Gasteiger partial charge on any atom is -0.456 e. The molecular formula is C14H15Cl2N3O2. The zero-order chi connectivity index (χ0) is 15.6. The molecule has 0 fully saturated rings. The van der Waals surface area contributed by atoms with Crippen molar-refractivity contribution in [3.63, 3.8) is 0 Å². The van der Waals surface area contributed by atoms with Gasteiger partial charge in [0.2, 0.25) is 0 Å². The van der Waals surface area contributed by atoms with Gasteiger partial charge in [-0.25, -0.2) is 4.79 Å². The highest BCUT2D eigenvalue weighted by molar-refractivity contribution is 6.33. The van der Waals surface area contributed by atoms with Gasteiger partial charge in [-0.3, -0.25) is 4.68 Å². The molecule has 0 radical (unpaired) electrons. The molecule has 0 bridgehead atoms. The van der Waals surface area contributed by atoms with Crippen LogP contribution < -0.4 is 5.73 Å². The molecule has 1 aromatic heterocycles. The Balaban J connectivity index is 2.12. The second-order valence-corrected chi connectivity index (χ2v) is 5.26. The van der Waals surface area contributed by atoms with Gasteiger partial charge < -0.3 is 10.5 Å². The molecule has 0 saturated heterocycles. The van der Waals surface area contributed by atoms with Crippen molar-refractivity contribution < 1.29 is 9.53 Å². The Morgan fingerprint density at radius 3 is 2.76 bits per heavy atom. The van der Waals surface area contributed by atoms with Crippen LogP contribution >= 0.6 is 23.2 Å². The molecule has 112 valence electrons. The Morgan fingerprint density at radius 1 is 1.43 bits per heavy atom. The molecule has 0 amide bonds. The third-order valence-electron chi connectivity index (χ3n) is 3.02. The third kappa shape index (κ3) is 3.31. The third-order valence-corrected chi connectivity index (χ3v) is 3.86. The number of esters is 1. The van der Waals surface area contributed by atoms with Crippen molar-refractivity contribution in [2.24, 2.45) is 0 Å². The fourth-order valence-electron chi connectivity index (χ4n) is 1.89. The standard InChI is InChI=1S/C14H15Cl2N3O2/c1-3-19-12(13(16)8(2)18-19)7-21-14(20)9-4-5-10(15)11(17)6-9/h4-6H,3,7,17H2,1-2H3. The molecule has 5 nitrogen and oxygen atoms in total. The van der Waals surface area contributed by atoms with Crippen molar-refractivity contribution in [2.75, 3.05) is 5.73 Å². The van der Waals surface area contributed by atoms with Crippen LogP contribution in [0.5, 0.6) is 0 Å². The van der Waals surface area contributed by atoms with E-state index in [1.807, 2.05) is 6.92 Å². The molecule has 0 aliphatic rings. The molecule has 2 rings (SSSR count). The van der Waals surface area contributed by atoms with E-state index in [-0.39, 0.29) is 6.61 Å². The first kappa shape index (κ1) is 15.7. The summed E-state index contributed by atoms with van der Waals surface area (Å²) >= 11 is 12.0. The number of nitrogens with two attached hydrogens (primary N) is 1. The number of carbonyl (C=O) groups is 1. The largest absolute Gasteiger partial charge is 0.456 e. The van der Waals surface area contributed by atoms with Gasteiger partial charge in [-0.2, -0.15) is 5.10 Å². The molecular weight excluding hydrogens is 313 g/mol. The quantitative estimate of drug-likeness (QED) is 0.689. The van der Waals surface area contributed by atoms with Crippen LogP contribution in [0.25, 0.3) is 0 Å². The van der Waals surface area contributed by atoms with E-state index in [0.717, 1.165) is 0 Å². The normalized spacial score (nSPS) is 10.7. The predicted molar refractivity (Wildman–Crippen MR) is 82.6 cm³/mol. The number of hydrogen-bond donors (Lipinski definition) is 1. The van der Waals surface area contributed by atoms with Crippen molar-refractivity contribution >= 4 is 34.9 Å². The number of halogens is 2. The van der Waals surface area contributed by atoms with Crippen molar-refractivity contribution in [3.05, 3.63) is 45.2 Å². The summed E-state index contributed by atoms with van der Waals surface area (Å²) < 4.78 is 6.97. The van der Waals surface area contributed by atoms with Crippen molar-refractivity contribution in [1.82, 2.24) is 9.78 Å². The second-order valence-electron chi connectivity index (χ2n) is 4.47. The van der Waals surface area contributed by atoms with Gasteiger partial charge in [-0.1, -0.05) is 23.2 Å². The van der Waals surface area contributed by atoms with E-state index in [0.29, 0.717) is 39.2 Å². The fourth-order valence-corrected chi connectivity index (χ4v) is 2.20. The van der Waals surface area contributed by atoms with Crippen LogP contribution in [0.4, 0.5) is 5.69 Å². The lowest BCUT2D eigenvalue weighted by atomic mass is 10.2. The molecule has 0 aliphatic heterocycles. The molecule has 0 atom stereocenters. The highest BCUT2D eigenvalue weighted by atomic mass is 35.5. The molecule has 2 aromatic rings. The van der Waals surface area contributed by atoms with Gasteiger partial charge in [-0.15, -0.1) is 0 Å². The number of aryl methyl sites for hydroxylation is 2. The monoisotopic (exact) mass is 327 g/mol. The van der Waals surface area contributed by atoms with E-state index in [4.69, 9.17) is 33.7 Å². The van der Waals surface area contributed by atoms with Gasteiger partial charge in [0.05, 0.1) is 32.7 Å². The maximum absolute atomic E-state index is 12.0. The Bertz CT molecular complexity index is 683. The lowest BCUT2D eigenvalue weighted by Gasteiger charge is -2.08. The van der Waals surface area contributed by atoms with Crippen LogP contribution in [0.15, 0.2) is 18.2 Å². The molecule has 0 unspecified atom stereocenters. The summed E-state index contributed by atoms with van der Waals surface area (Å²) in [7, 11) is 0. The van der Waals surface area contributed by atoms with Crippen LogP contribution in [0.1, 0.15) is 28.7 Å². The van der Waals surface area contributed by atoms with E-state index in [1.165, 1.54) is 6.07 Å². The summed E-state index contributed by atoms with van der Waals surface area (Å²) in [6.07, 6.45) is 0. The number of nitrogens with zero attached hydrogens (tertiary/aromatic N) is 2. The minimum atomic E-state index is -0.490. The van der Waals surface area contributed by atoms with Gasteiger partial charge in [-0.05, 0) is 32.0 Å². The summed E-state index contributed by atoms with van der Waals surface area (Å²) in [6.45, 7) is 4.44. The van der Waals surface area contributed by atoms with E-state index in [9.17, 15) is 4.79 Å². The van der Waals surface area contributed by atoms with E-state index < -0.39 is 5.97 Å². The molecule has 0 spiro atoms. The number of hydrogen-bond acceptors (Lipinski definition) is 4. The minimum absolute atomic E-state index is 0.0505. The number of aromatic nitrogens is 2. The highest BCUT2D eigenvalue weighted by Crippen LogP contribution is 2.23. The Kier molecular flexibility index (Phi) is 4.75. The molecule has 0 saturated carbocycles. The summed E-state index contributed by atoms with van der Waals surface area (Å²) in [5.74, 6) is -0.490. The molecule has 0 aliphatic carbocycles. The van der Waals surface area contributed by atoms with Crippen LogP contribution in [0, 0.1) is 6.92 Å². The van der Waals surface area contributed by atoms with Crippen LogP contribution in [0.2, 0.25) is 10.0 Å². The van der Waals surface area contributed by atoms with E-state index in [2.05, 4.69) is 5.10 Å². The molecule has 21 heavy (non-hydrogen) atoms. The average Bonchev–Trinajstić information content (AvgIpc) is 2.74. The Morgan fingerprint density at radius 2 is 2.14 bits per heavy atom. The van der Waals surface area contributed by atoms with Gasteiger partial charge in [0, 0.05) is 6.54 Å². The number of nitrogen functional groups attached to an aromatic ring is 1. The van der Waals surface area contributed by atoms with Crippen LogP contribution in [-0.4, -0.2) is 15.7 Å². The van der Waals surface area contributed by atoms with Gasteiger partial charge in [0.15, 0.2) is 0 Å². The highest BCUT2D eigenvalue weighted by Gasteiger charge is 2.15. The maximum Gasteiger partial charge on any atom is 0.338 e. The van der Waals surface area contributed by atoms with Crippen molar-refractivity contribution in [3.8, 4) is 0 Å². The van der Waals surface area contributed by atoms with E-state index >= 15 is 0 Å². The summed E-state index contributed by atoms with van der Waals surface area (Å²) in [5.41, 5.74) is 7.72. The smallest absolute Gasteiger partial charge is 0.338 e. The lowest BCUT2D eigenvalue weighted by molar-refractivity contribution is 0.0462. The first-order valence-electron chi connectivity index (χ1n) is 6.38.